The van der Waals surface area contributed by atoms with E-state index >= 15 is 0 Å². The molecular weight excluding hydrogens is 402 g/mol. The third-order valence-corrected chi connectivity index (χ3v) is 7.37. The molecule has 0 aromatic carbocycles. The Morgan fingerprint density at radius 1 is 0.935 bits per heavy atom. The summed E-state index contributed by atoms with van der Waals surface area (Å²) >= 11 is 1.60. The van der Waals surface area contributed by atoms with Gasteiger partial charge in [0, 0.05) is 18.4 Å². The quantitative estimate of drug-likeness (QED) is 0.232. The highest BCUT2D eigenvalue weighted by atomic mass is 32.1. The van der Waals surface area contributed by atoms with Gasteiger partial charge < -0.3 is 9.72 Å². The Bertz CT molecular complexity index is 766. The van der Waals surface area contributed by atoms with Crippen LogP contribution in [0.25, 0.3) is 10.2 Å². The molecule has 0 aliphatic carbocycles. The second-order valence-electron chi connectivity index (χ2n) is 9.14. The van der Waals surface area contributed by atoms with Gasteiger partial charge in [0.1, 0.15) is 4.83 Å². The summed E-state index contributed by atoms with van der Waals surface area (Å²) in [6.07, 6.45) is 20.1. The van der Waals surface area contributed by atoms with Crippen molar-refractivity contribution in [1.82, 2.24) is 4.98 Å². The largest absolute Gasteiger partial charge is 0.379 e. The Kier molecular flexibility index (Phi) is 13.2. The number of thiophene rings is 1. The Hall–Kier alpha value is -1.13. The van der Waals surface area contributed by atoms with Crippen molar-refractivity contribution in [3.05, 3.63) is 33.4 Å². The van der Waals surface area contributed by atoms with Gasteiger partial charge in [0.15, 0.2) is 5.43 Å². The number of ether oxygens (including phenoxy) is 1. The number of pyridine rings is 1. The molecule has 0 bridgehead atoms. The first-order chi connectivity index (χ1) is 15.2. The van der Waals surface area contributed by atoms with Crippen LogP contribution in [0.5, 0.6) is 0 Å². The van der Waals surface area contributed by atoms with Crippen LogP contribution in [0.4, 0.5) is 0 Å². The maximum atomic E-state index is 12.8. The first-order valence-corrected chi connectivity index (χ1v) is 13.8. The van der Waals surface area contributed by atoms with Crippen LogP contribution in [0.1, 0.15) is 122 Å². The molecule has 0 saturated carbocycles. The lowest BCUT2D eigenvalue weighted by Gasteiger charge is -2.17. The molecule has 0 saturated heterocycles. The molecule has 2 unspecified atom stereocenters. The minimum absolute atomic E-state index is 0.215. The molecule has 0 radical (unpaired) electrons. The molecule has 0 aliphatic rings. The normalized spacial score (nSPS) is 13.6. The van der Waals surface area contributed by atoms with Crippen LogP contribution in [0.3, 0.4) is 0 Å². The number of aromatic nitrogens is 1. The van der Waals surface area contributed by atoms with Crippen LogP contribution in [0, 0.1) is 0 Å². The lowest BCUT2D eigenvalue weighted by molar-refractivity contribution is 0.0554. The van der Waals surface area contributed by atoms with Gasteiger partial charge in [-0.3, -0.25) is 4.79 Å². The van der Waals surface area contributed by atoms with E-state index in [0.717, 1.165) is 48.1 Å². The van der Waals surface area contributed by atoms with Crippen LogP contribution in [-0.2, 0) is 4.74 Å². The average Bonchev–Trinajstić information content (AvgIpc) is 3.26. The first-order valence-electron chi connectivity index (χ1n) is 12.9. The van der Waals surface area contributed by atoms with E-state index in [-0.39, 0.29) is 5.43 Å². The van der Waals surface area contributed by atoms with Crippen molar-refractivity contribution in [3.63, 3.8) is 0 Å². The molecule has 1 N–H and O–H groups in total. The van der Waals surface area contributed by atoms with Crippen molar-refractivity contribution in [2.24, 2.45) is 0 Å². The summed E-state index contributed by atoms with van der Waals surface area (Å²) < 4.78 is 6.04. The van der Waals surface area contributed by atoms with E-state index in [1.165, 1.54) is 64.2 Å². The number of aromatic amines is 1. The maximum absolute atomic E-state index is 12.8. The minimum Gasteiger partial charge on any atom is -0.379 e. The van der Waals surface area contributed by atoms with Gasteiger partial charge in [-0.2, -0.15) is 0 Å². The molecule has 2 aromatic heterocycles. The van der Waals surface area contributed by atoms with E-state index in [4.69, 9.17) is 4.74 Å². The Morgan fingerprint density at radius 2 is 1.61 bits per heavy atom. The molecule has 2 heterocycles. The lowest BCUT2D eigenvalue weighted by atomic mass is 9.91. The summed E-state index contributed by atoms with van der Waals surface area (Å²) in [5.74, 6) is 0.335. The SMILES string of the molecule is CCCCCCCCCCCCOC(C)CCCC(CC)c1c[nH]c2sccc2c1=O. The first kappa shape index (κ1) is 26.1. The number of nitrogens with one attached hydrogen (secondary N) is 1. The van der Waals surface area contributed by atoms with Gasteiger partial charge in [-0.25, -0.2) is 0 Å². The van der Waals surface area contributed by atoms with Gasteiger partial charge in [-0.1, -0.05) is 78.1 Å². The number of rotatable bonds is 18. The molecule has 2 aromatic rings. The lowest BCUT2D eigenvalue weighted by Crippen LogP contribution is -2.15. The Balaban J connectivity index is 1.54. The van der Waals surface area contributed by atoms with Gasteiger partial charge in [0.2, 0.25) is 0 Å². The monoisotopic (exact) mass is 447 g/mol. The molecule has 4 heteroatoms. The number of fused-ring (bicyclic) bond motifs is 1. The van der Waals surface area contributed by atoms with Gasteiger partial charge in [0.05, 0.1) is 11.5 Å². The number of hydrogen-bond acceptors (Lipinski definition) is 3. The van der Waals surface area contributed by atoms with Crippen LogP contribution >= 0.6 is 11.3 Å². The predicted octanol–water partition coefficient (Wildman–Crippen LogP) is 8.58. The van der Waals surface area contributed by atoms with Gasteiger partial charge >= 0.3 is 0 Å². The molecule has 176 valence electrons. The summed E-state index contributed by atoms with van der Waals surface area (Å²) in [7, 11) is 0. The van der Waals surface area contributed by atoms with Crippen molar-refractivity contribution in [1.29, 1.82) is 0 Å². The third kappa shape index (κ3) is 9.49. The molecule has 2 rings (SSSR count). The minimum atomic E-state index is 0.215. The molecule has 0 spiro atoms. The zero-order valence-corrected chi connectivity index (χ0v) is 21.0. The van der Waals surface area contributed by atoms with Crippen molar-refractivity contribution in [2.45, 2.75) is 123 Å². The molecule has 0 amide bonds. The van der Waals surface area contributed by atoms with Crippen LogP contribution in [0.15, 0.2) is 22.4 Å². The van der Waals surface area contributed by atoms with E-state index in [1.807, 2.05) is 17.6 Å². The molecule has 31 heavy (non-hydrogen) atoms. The van der Waals surface area contributed by atoms with Gasteiger partial charge in [0.25, 0.3) is 0 Å². The molecule has 3 nitrogen and oxygen atoms in total. The summed E-state index contributed by atoms with van der Waals surface area (Å²) in [6.45, 7) is 7.55. The number of unbranched alkanes of at least 4 members (excludes halogenated alkanes) is 9. The molecular formula is C27H45NO2S. The van der Waals surface area contributed by atoms with E-state index in [0.29, 0.717) is 12.0 Å². The topological polar surface area (TPSA) is 42.1 Å². The fourth-order valence-corrected chi connectivity index (χ4v) is 5.21. The highest BCUT2D eigenvalue weighted by Crippen LogP contribution is 2.25. The summed E-state index contributed by atoms with van der Waals surface area (Å²) in [5, 5.41) is 2.83. The van der Waals surface area contributed by atoms with Gasteiger partial charge in [-0.15, -0.1) is 11.3 Å². The fourth-order valence-electron chi connectivity index (χ4n) is 4.46. The van der Waals surface area contributed by atoms with Crippen molar-refractivity contribution < 1.29 is 4.74 Å². The van der Waals surface area contributed by atoms with Crippen LogP contribution < -0.4 is 5.43 Å². The third-order valence-electron chi connectivity index (χ3n) is 6.53. The van der Waals surface area contributed by atoms with Crippen molar-refractivity contribution in [2.75, 3.05) is 6.61 Å². The summed E-state index contributed by atoms with van der Waals surface area (Å²) in [6, 6.07) is 1.94. The average molecular weight is 448 g/mol. The Morgan fingerprint density at radius 3 is 2.29 bits per heavy atom. The highest BCUT2D eigenvalue weighted by Gasteiger charge is 2.16. The molecule has 0 fully saturated rings. The maximum Gasteiger partial charge on any atom is 0.193 e. The van der Waals surface area contributed by atoms with E-state index in [9.17, 15) is 4.79 Å². The standard InChI is InChI=1S/C27H45NO2S/c1-4-6-7-8-9-10-11-12-13-14-19-30-22(3)16-15-17-23(5-2)25-21-28-27-24(26(25)29)18-20-31-27/h18,20-23H,4-17,19H2,1-3H3,(H,28,29). The van der Waals surface area contributed by atoms with Crippen molar-refractivity contribution in [3.8, 4) is 0 Å². The predicted molar refractivity (Wildman–Crippen MR) is 137 cm³/mol. The highest BCUT2D eigenvalue weighted by molar-refractivity contribution is 7.16. The smallest absolute Gasteiger partial charge is 0.193 e. The van der Waals surface area contributed by atoms with E-state index in [2.05, 4.69) is 25.8 Å². The number of H-pyrrole nitrogens is 1. The second kappa shape index (κ2) is 15.6. The fraction of sp³-hybridized carbons (Fsp3) is 0.741. The molecule has 0 aliphatic heterocycles. The number of hydrogen-bond donors (Lipinski definition) is 1. The summed E-state index contributed by atoms with van der Waals surface area (Å²) in [5.41, 5.74) is 1.17. The zero-order valence-electron chi connectivity index (χ0n) is 20.2. The zero-order chi connectivity index (χ0) is 22.3. The second-order valence-corrected chi connectivity index (χ2v) is 10.1. The van der Waals surface area contributed by atoms with E-state index in [1.54, 1.807) is 11.3 Å². The van der Waals surface area contributed by atoms with E-state index < -0.39 is 0 Å². The van der Waals surface area contributed by atoms with Crippen molar-refractivity contribution >= 4 is 21.6 Å². The molecule has 2 atom stereocenters. The van der Waals surface area contributed by atoms with Crippen LogP contribution in [-0.4, -0.2) is 17.7 Å². The Labute approximate surface area is 194 Å². The summed E-state index contributed by atoms with van der Waals surface area (Å²) in [4.78, 5) is 17.1. The van der Waals surface area contributed by atoms with Crippen LogP contribution in [0.2, 0.25) is 0 Å². The van der Waals surface area contributed by atoms with Gasteiger partial charge in [-0.05, 0) is 50.0 Å².